The standard InChI is InChI=1S/C10H8FIS/c1-2-6-3-8(12)7-5-10(11)13-9(7)4-6/h3-5H,2H2,1H3. The Balaban J connectivity index is 2.75. The first-order valence-corrected chi connectivity index (χ1v) is 5.97. The normalized spacial score (nSPS) is 11.0. The average molecular weight is 306 g/mol. The summed E-state index contributed by atoms with van der Waals surface area (Å²) in [6.07, 6.45) is 1.01. The van der Waals surface area contributed by atoms with Gasteiger partial charge in [0.05, 0.1) is 0 Å². The van der Waals surface area contributed by atoms with E-state index in [1.54, 1.807) is 6.07 Å². The molecular formula is C10H8FIS. The van der Waals surface area contributed by atoms with E-state index in [4.69, 9.17) is 0 Å². The van der Waals surface area contributed by atoms with Crippen LogP contribution in [-0.2, 0) is 6.42 Å². The number of hydrogen-bond acceptors (Lipinski definition) is 1. The van der Waals surface area contributed by atoms with Crippen molar-refractivity contribution in [1.82, 2.24) is 0 Å². The van der Waals surface area contributed by atoms with Gasteiger partial charge in [-0.05, 0) is 52.8 Å². The van der Waals surface area contributed by atoms with Crippen LogP contribution in [0.5, 0.6) is 0 Å². The molecule has 0 unspecified atom stereocenters. The SMILES string of the molecule is CCc1cc(I)c2cc(F)sc2c1. The van der Waals surface area contributed by atoms with Crippen LogP contribution in [0.25, 0.3) is 10.1 Å². The molecule has 0 saturated carbocycles. The van der Waals surface area contributed by atoms with Crippen molar-refractivity contribution in [3.8, 4) is 0 Å². The van der Waals surface area contributed by atoms with Crippen LogP contribution >= 0.6 is 33.9 Å². The second-order valence-corrected chi connectivity index (χ2v) is 5.09. The van der Waals surface area contributed by atoms with E-state index in [1.807, 2.05) is 0 Å². The molecule has 0 atom stereocenters. The van der Waals surface area contributed by atoms with Crippen molar-refractivity contribution in [1.29, 1.82) is 0 Å². The summed E-state index contributed by atoms with van der Waals surface area (Å²) in [6.45, 7) is 2.11. The minimum absolute atomic E-state index is 0.0961. The minimum Gasteiger partial charge on any atom is -0.195 e. The summed E-state index contributed by atoms with van der Waals surface area (Å²) in [5.41, 5.74) is 1.28. The minimum atomic E-state index is -0.0961. The van der Waals surface area contributed by atoms with Crippen molar-refractivity contribution >= 4 is 44.0 Å². The van der Waals surface area contributed by atoms with Crippen LogP contribution in [0, 0.1) is 8.70 Å². The molecular weight excluding hydrogens is 298 g/mol. The molecule has 1 aromatic carbocycles. The fraction of sp³-hybridized carbons (Fsp3) is 0.200. The van der Waals surface area contributed by atoms with Gasteiger partial charge in [-0.3, -0.25) is 0 Å². The molecule has 13 heavy (non-hydrogen) atoms. The third-order valence-electron chi connectivity index (χ3n) is 2.02. The second-order valence-electron chi connectivity index (χ2n) is 2.89. The Morgan fingerprint density at radius 2 is 2.15 bits per heavy atom. The van der Waals surface area contributed by atoms with Crippen LogP contribution in [0.2, 0.25) is 0 Å². The summed E-state index contributed by atoms with van der Waals surface area (Å²) in [4.78, 5) is 0. The van der Waals surface area contributed by atoms with Gasteiger partial charge in [-0.2, -0.15) is 4.39 Å². The van der Waals surface area contributed by atoms with Gasteiger partial charge in [0, 0.05) is 13.7 Å². The van der Waals surface area contributed by atoms with Gasteiger partial charge in [-0.15, -0.1) is 11.3 Å². The first kappa shape index (κ1) is 9.40. The zero-order valence-electron chi connectivity index (χ0n) is 7.10. The Labute approximate surface area is 93.9 Å². The predicted molar refractivity (Wildman–Crippen MR) is 63.9 cm³/mol. The van der Waals surface area contributed by atoms with Gasteiger partial charge >= 0.3 is 0 Å². The molecule has 0 aliphatic rings. The predicted octanol–water partition coefficient (Wildman–Crippen LogP) is 4.21. The molecule has 0 N–H and O–H groups in total. The third kappa shape index (κ3) is 1.72. The number of benzene rings is 1. The summed E-state index contributed by atoms with van der Waals surface area (Å²) in [7, 11) is 0. The van der Waals surface area contributed by atoms with E-state index in [0.717, 1.165) is 20.1 Å². The maximum absolute atomic E-state index is 13.0. The molecule has 68 valence electrons. The van der Waals surface area contributed by atoms with E-state index >= 15 is 0 Å². The van der Waals surface area contributed by atoms with Gasteiger partial charge in [0.25, 0.3) is 0 Å². The highest BCUT2D eigenvalue weighted by Crippen LogP contribution is 2.29. The smallest absolute Gasteiger partial charge is 0.177 e. The van der Waals surface area contributed by atoms with Crippen molar-refractivity contribution in [2.75, 3.05) is 0 Å². The molecule has 0 amide bonds. The van der Waals surface area contributed by atoms with Crippen LogP contribution in [-0.4, -0.2) is 0 Å². The molecule has 0 aliphatic carbocycles. The number of halogens is 2. The number of thiophene rings is 1. The van der Waals surface area contributed by atoms with E-state index in [9.17, 15) is 4.39 Å². The number of fused-ring (bicyclic) bond motifs is 1. The van der Waals surface area contributed by atoms with Gasteiger partial charge in [0.2, 0.25) is 0 Å². The van der Waals surface area contributed by atoms with Gasteiger partial charge in [-0.25, -0.2) is 0 Å². The average Bonchev–Trinajstić information content (AvgIpc) is 2.46. The van der Waals surface area contributed by atoms with E-state index in [0.29, 0.717) is 0 Å². The number of aryl methyl sites for hydroxylation is 1. The lowest BCUT2D eigenvalue weighted by atomic mass is 10.1. The van der Waals surface area contributed by atoms with Crippen molar-refractivity contribution in [2.45, 2.75) is 13.3 Å². The van der Waals surface area contributed by atoms with E-state index in [-0.39, 0.29) is 5.13 Å². The Bertz CT molecular complexity index is 447. The zero-order chi connectivity index (χ0) is 9.42. The Kier molecular flexibility index (Phi) is 2.55. The molecule has 3 heteroatoms. The molecule has 0 aliphatic heterocycles. The summed E-state index contributed by atoms with van der Waals surface area (Å²) < 4.78 is 15.2. The molecule has 2 aromatic rings. The van der Waals surface area contributed by atoms with Gasteiger partial charge < -0.3 is 0 Å². The van der Waals surface area contributed by atoms with Crippen LogP contribution in [0.1, 0.15) is 12.5 Å². The maximum Gasteiger partial charge on any atom is 0.177 e. The van der Waals surface area contributed by atoms with Crippen molar-refractivity contribution in [3.05, 3.63) is 32.5 Å². The Morgan fingerprint density at radius 1 is 1.38 bits per heavy atom. The molecule has 2 rings (SSSR count). The Hall–Kier alpha value is -0.160. The second kappa shape index (κ2) is 3.53. The van der Waals surface area contributed by atoms with Crippen LogP contribution in [0.3, 0.4) is 0 Å². The lowest BCUT2D eigenvalue weighted by Gasteiger charge is -1.98. The van der Waals surface area contributed by atoms with Gasteiger partial charge in [-0.1, -0.05) is 6.92 Å². The van der Waals surface area contributed by atoms with Gasteiger partial charge in [0.15, 0.2) is 5.13 Å². The summed E-state index contributed by atoms with van der Waals surface area (Å²) in [6, 6.07) is 5.81. The first-order chi connectivity index (χ1) is 6.20. The monoisotopic (exact) mass is 306 g/mol. The highest BCUT2D eigenvalue weighted by atomic mass is 127. The quantitative estimate of drug-likeness (QED) is 0.692. The molecule has 0 fully saturated rings. The maximum atomic E-state index is 13.0. The molecule has 0 nitrogen and oxygen atoms in total. The fourth-order valence-corrected chi connectivity index (χ4v) is 3.23. The molecule has 0 bridgehead atoms. The Morgan fingerprint density at radius 3 is 2.85 bits per heavy atom. The third-order valence-corrected chi connectivity index (χ3v) is 3.79. The molecule has 0 radical (unpaired) electrons. The molecule has 1 aromatic heterocycles. The lowest BCUT2D eigenvalue weighted by molar-refractivity contribution is 0.658. The largest absolute Gasteiger partial charge is 0.195 e. The van der Waals surface area contributed by atoms with E-state index in [1.165, 1.54) is 16.9 Å². The van der Waals surface area contributed by atoms with Crippen LogP contribution in [0.15, 0.2) is 18.2 Å². The molecule has 0 spiro atoms. The van der Waals surface area contributed by atoms with Crippen LogP contribution in [0.4, 0.5) is 4.39 Å². The van der Waals surface area contributed by atoms with E-state index < -0.39 is 0 Å². The number of hydrogen-bond donors (Lipinski definition) is 0. The van der Waals surface area contributed by atoms with E-state index in [2.05, 4.69) is 41.6 Å². The van der Waals surface area contributed by atoms with Crippen molar-refractivity contribution in [2.24, 2.45) is 0 Å². The first-order valence-electron chi connectivity index (χ1n) is 4.08. The molecule has 0 saturated heterocycles. The fourth-order valence-electron chi connectivity index (χ4n) is 1.32. The zero-order valence-corrected chi connectivity index (χ0v) is 10.1. The van der Waals surface area contributed by atoms with Crippen molar-refractivity contribution in [3.63, 3.8) is 0 Å². The summed E-state index contributed by atoms with van der Waals surface area (Å²) in [5, 5.41) is 0.946. The summed E-state index contributed by atoms with van der Waals surface area (Å²) >= 11 is 3.48. The molecule has 1 heterocycles. The number of rotatable bonds is 1. The summed E-state index contributed by atoms with van der Waals surface area (Å²) in [5.74, 6) is 0. The highest BCUT2D eigenvalue weighted by molar-refractivity contribution is 14.1. The van der Waals surface area contributed by atoms with Gasteiger partial charge in [0.1, 0.15) is 0 Å². The lowest BCUT2D eigenvalue weighted by Crippen LogP contribution is -1.81. The highest BCUT2D eigenvalue weighted by Gasteiger charge is 2.05. The van der Waals surface area contributed by atoms with Crippen LogP contribution < -0.4 is 0 Å². The topological polar surface area (TPSA) is 0 Å². The van der Waals surface area contributed by atoms with Crippen molar-refractivity contribution < 1.29 is 4.39 Å².